The number of amides is 1. The Morgan fingerprint density at radius 2 is 1.83 bits per heavy atom. The molecule has 6 heteroatoms. The number of rotatable bonds is 2. The van der Waals surface area contributed by atoms with E-state index in [-0.39, 0.29) is 23.9 Å². The van der Waals surface area contributed by atoms with Crippen molar-refractivity contribution in [2.75, 3.05) is 13.1 Å². The van der Waals surface area contributed by atoms with E-state index in [0.717, 1.165) is 11.4 Å². The Balaban J connectivity index is 1.86. The summed E-state index contributed by atoms with van der Waals surface area (Å²) in [6.07, 6.45) is 1.62. The first-order valence-corrected chi connectivity index (χ1v) is 7.71. The second-order valence-corrected chi connectivity index (χ2v) is 6.00. The molecule has 1 aromatic carbocycles. The van der Waals surface area contributed by atoms with Crippen molar-refractivity contribution in [2.24, 2.45) is 0 Å². The summed E-state index contributed by atoms with van der Waals surface area (Å²) in [4.78, 5) is 14.6. The summed E-state index contributed by atoms with van der Waals surface area (Å²) in [7, 11) is 0. The topological polar surface area (TPSA) is 47.4 Å². The smallest absolute Gasteiger partial charge is 0.257 e. The number of carbonyl (C=O) groups excluding carboxylic acids is 1. The van der Waals surface area contributed by atoms with Gasteiger partial charge in [0.15, 0.2) is 0 Å². The number of ether oxygens (including phenoxy) is 1. The summed E-state index contributed by atoms with van der Waals surface area (Å²) in [6.45, 7) is 6.92. The van der Waals surface area contributed by atoms with E-state index in [4.69, 9.17) is 4.74 Å². The van der Waals surface area contributed by atoms with Crippen molar-refractivity contribution in [2.45, 2.75) is 33.0 Å². The van der Waals surface area contributed by atoms with Crippen molar-refractivity contribution < 1.29 is 13.9 Å². The van der Waals surface area contributed by atoms with Gasteiger partial charge in [0.05, 0.1) is 35.3 Å². The SMILES string of the molecule is Cc1c(C(=O)N2CC(C)OC(C)C2)cnn1-c1ccc(F)cc1. The summed E-state index contributed by atoms with van der Waals surface area (Å²) < 4.78 is 20.4. The molecular weight excluding hydrogens is 297 g/mol. The predicted molar refractivity (Wildman–Crippen MR) is 84.2 cm³/mol. The first-order valence-electron chi connectivity index (χ1n) is 7.71. The zero-order valence-electron chi connectivity index (χ0n) is 13.5. The van der Waals surface area contributed by atoms with Crippen molar-refractivity contribution in [3.8, 4) is 5.69 Å². The van der Waals surface area contributed by atoms with Gasteiger partial charge in [0, 0.05) is 13.1 Å². The van der Waals surface area contributed by atoms with Gasteiger partial charge in [-0.1, -0.05) is 0 Å². The molecule has 2 atom stereocenters. The Kier molecular flexibility index (Phi) is 4.17. The number of morpholine rings is 1. The molecule has 1 saturated heterocycles. The van der Waals surface area contributed by atoms with Gasteiger partial charge in [0.1, 0.15) is 5.82 Å². The second-order valence-electron chi connectivity index (χ2n) is 6.00. The number of nitrogens with zero attached hydrogens (tertiary/aromatic N) is 3. The van der Waals surface area contributed by atoms with E-state index in [9.17, 15) is 9.18 Å². The maximum absolute atomic E-state index is 13.1. The molecule has 0 aliphatic carbocycles. The summed E-state index contributed by atoms with van der Waals surface area (Å²) in [5.74, 6) is -0.344. The van der Waals surface area contributed by atoms with Crippen molar-refractivity contribution >= 4 is 5.91 Å². The predicted octanol–water partition coefficient (Wildman–Crippen LogP) is 2.57. The minimum atomic E-state index is -0.300. The van der Waals surface area contributed by atoms with Crippen LogP contribution in [0.15, 0.2) is 30.5 Å². The molecule has 1 amide bonds. The van der Waals surface area contributed by atoms with Crippen molar-refractivity contribution in [3.63, 3.8) is 0 Å². The molecule has 2 heterocycles. The van der Waals surface area contributed by atoms with Crippen LogP contribution in [-0.4, -0.2) is 45.9 Å². The number of hydrogen-bond donors (Lipinski definition) is 0. The Hall–Kier alpha value is -2.21. The fourth-order valence-electron chi connectivity index (χ4n) is 2.98. The number of aromatic nitrogens is 2. The molecule has 0 spiro atoms. The van der Waals surface area contributed by atoms with Crippen LogP contribution in [0.5, 0.6) is 0 Å². The zero-order chi connectivity index (χ0) is 16.6. The molecular formula is C17H20FN3O2. The summed E-state index contributed by atoms with van der Waals surface area (Å²) in [6, 6.07) is 6.04. The fourth-order valence-corrected chi connectivity index (χ4v) is 2.98. The normalized spacial score (nSPS) is 21.5. The average Bonchev–Trinajstić information content (AvgIpc) is 2.88. The first kappa shape index (κ1) is 15.7. The standard InChI is InChI=1S/C17H20FN3O2/c1-11-9-20(10-12(2)23-11)17(22)16-8-19-21(13(16)3)15-6-4-14(18)5-7-15/h4-8,11-12H,9-10H2,1-3H3. The molecule has 23 heavy (non-hydrogen) atoms. The Bertz CT molecular complexity index is 701. The van der Waals surface area contributed by atoms with Crippen LogP contribution in [0.25, 0.3) is 5.69 Å². The molecule has 2 unspecified atom stereocenters. The lowest BCUT2D eigenvalue weighted by Gasteiger charge is -2.35. The van der Waals surface area contributed by atoms with Crippen molar-refractivity contribution in [1.29, 1.82) is 0 Å². The van der Waals surface area contributed by atoms with Crippen molar-refractivity contribution in [3.05, 3.63) is 47.5 Å². The highest BCUT2D eigenvalue weighted by Crippen LogP contribution is 2.19. The van der Waals surface area contributed by atoms with E-state index in [0.29, 0.717) is 18.7 Å². The van der Waals surface area contributed by atoms with Crippen LogP contribution >= 0.6 is 0 Å². The van der Waals surface area contributed by atoms with Crippen LogP contribution in [0.4, 0.5) is 4.39 Å². The molecule has 0 bridgehead atoms. The lowest BCUT2D eigenvalue weighted by Crippen LogP contribution is -2.48. The third-order valence-corrected chi connectivity index (χ3v) is 4.02. The molecule has 1 aromatic heterocycles. The lowest BCUT2D eigenvalue weighted by atomic mass is 10.1. The van der Waals surface area contributed by atoms with Gasteiger partial charge in [-0.05, 0) is 45.0 Å². The van der Waals surface area contributed by atoms with Crippen LogP contribution in [0.2, 0.25) is 0 Å². The van der Waals surface area contributed by atoms with Crippen LogP contribution in [-0.2, 0) is 4.74 Å². The van der Waals surface area contributed by atoms with Crippen LogP contribution in [0.3, 0.4) is 0 Å². The zero-order valence-corrected chi connectivity index (χ0v) is 13.5. The average molecular weight is 317 g/mol. The molecule has 0 radical (unpaired) electrons. The molecule has 3 rings (SSSR count). The molecule has 1 aliphatic heterocycles. The number of hydrogen-bond acceptors (Lipinski definition) is 3. The van der Waals surface area contributed by atoms with E-state index in [2.05, 4.69) is 5.10 Å². The van der Waals surface area contributed by atoms with E-state index >= 15 is 0 Å². The molecule has 0 saturated carbocycles. The van der Waals surface area contributed by atoms with Gasteiger partial charge in [0.2, 0.25) is 0 Å². The molecule has 5 nitrogen and oxygen atoms in total. The summed E-state index contributed by atoms with van der Waals surface area (Å²) >= 11 is 0. The largest absolute Gasteiger partial charge is 0.372 e. The molecule has 1 aliphatic rings. The molecule has 1 fully saturated rings. The van der Waals surface area contributed by atoms with Crippen LogP contribution < -0.4 is 0 Å². The van der Waals surface area contributed by atoms with Gasteiger partial charge in [0.25, 0.3) is 5.91 Å². The highest BCUT2D eigenvalue weighted by molar-refractivity contribution is 5.95. The quantitative estimate of drug-likeness (QED) is 0.855. The minimum absolute atomic E-state index is 0.0233. The third kappa shape index (κ3) is 3.12. The van der Waals surface area contributed by atoms with Crippen molar-refractivity contribution in [1.82, 2.24) is 14.7 Å². The van der Waals surface area contributed by atoms with E-state index in [1.165, 1.54) is 12.1 Å². The van der Waals surface area contributed by atoms with E-state index in [1.54, 1.807) is 27.9 Å². The summed E-state index contributed by atoms with van der Waals surface area (Å²) in [5, 5.41) is 4.29. The Morgan fingerprint density at radius 3 is 2.43 bits per heavy atom. The molecule has 0 N–H and O–H groups in total. The third-order valence-electron chi connectivity index (χ3n) is 4.02. The highest BCUT2D eigenvalue weighted by Gasteiger charge is 2.28. The van der Waals surface area contributed by atoms with Crippen LogP contribution in [0.1, 0.15) is 29.9 Å². The molecule has 122 valence electrons. The minimum Gasteiger partial charge on any atom is -0.372 e. The Morgan fingerprint density at radius 1 is 1.22 bits per heavy atom. The van der Waals surface area contributed by atoms with Gasteiger partial charge in [-0.3, -0.25) is 4.79 Å². The van der Waals surface area contributed by atoms with Gasteiger partial charge in [-0.25, -0.2) is 9.07 Å². The molecule has 2 aromatic rings. The van der Waals surface area contributed by atoms with Gasteiger partial charge < -0.3 is 9.64 Å². The highest BCUT2D eigenvalue weighted by atomic mass is 19.1. The summed E-state index contributed by atoms with van der Waals surface area (Å²) in [5.41, 5.74) is 2.04. The lowest BCUT2D eigenvalue weighted by molar-refractivity contribution is -0.0586. The Labute approximate surface area is 134 Å². The first-order chi connectivity index (χ1) is 11.0. The maximum atomic E-state index is 13.1. The second kappa shape index (κ2) is 6.12. The van der Waals surface area contributed by atoms with E-state index in [1.807, 2.05) is 20.8 Å². The maximum Gasteiger partial charge on any atom is 0.257 e. The fraction of sp³-hybridized carbons (Fsp3) is 0.412. The monoisotopic (exact) mass is 317 g/mol. The van der Waals surface area contributed by atoms with Gasteiger partial charge in [-0.15, -0.1) is 0 Å². The van der Waals surface area contributed by atoms with E-state index < -0.39 is 0 Å². The van der Waals surface area contributed by atoms with Gasteiger partial charge in [-0.2, -0.15) is 5.10 Å². The number of halogens is 1. The van der Waals surface area contributed by atoms with Crippen LogP contribution in [0, 0.1) is 12.7 Å². The number of carbonyl (C=O) groups is 1. The van der Waals surface area contributed by atoms with Gasteiger partial charge >= 0.3 is 0 Å². The number of benzene rings is 1.